The van der Waals surface area contributed by atoms with Crippen molar-refractivity contribution in [3.8, 4) is 108 Å². The van der Waals surface area contributed by atoms with Gasteiger partial charge in [0.1, 0.15) is 17.7 Å². The van der Waals surface area contributed by atoms with Gasteiger partial charge in [0.25, 0.3) is 0 Å². The maximum absolute atomic E-state index is 10.3. The maximum atomic E-state index is 10.3. The van der Waals surface area contributed by atoms with E-state index in [4.69, 9.17) is 19.9 Å². The first-order valence-corrected chi connectivity index (χ1v) is 49.4. The Morgan fingerprint density at radius 2 is 0.500 bits per heavy atom. The molecule has 0 fully saturated rings. The van der Waals surface area contributed by atoms with Crippen molar-refractivity contribution in [2.45, 2.75) is 0 Å². The van der Waals surface area contributed by atoms with Crippen molar-refractivity contribution in [2.24, 2.45) is 0 Å². The Hall–Kier alpha value is -20.8. The van der Waals surface area contributed by atoms with E-state index in [-0.39, 0.29) is 0 Å². The summed E-state index contributed by atoms with van der Waals surface area (Å²) in [7, 11) is 0. The lowest BCUT2D eigenvalue weighted by molar-refractivity contribution is 1.00. The lowest BCUT2D eigenvalue weighted by atomic mass is 9.94. The van der Waals surface area contributed by atoms with Gasteiger partial charge < -0.3 is 13.7 Å². The number of nitrogens with zero attached hydrogens (tertiary/aromatic N) is 14. The molecule has 0 saturated heterocycles. The van der Waals surface area contributed by atoms with Gasteiger partial charge in [-0.25, -0.2) is 19.9 Å². The molecule has 0 amide bonds. The van der Waals surface area contributed by atoms with Gasteiger partial charge in [-0.2, -0.15) is 15.8 Å². The van der Waals surface area contributed by atoms with Crippen molar-refractivity contribution in [3.05, 3.63) is 502 Å². The zero-order chi connectivity index (χ0) is 98.1. The molecule has 0 saturated carbocycles. The van der Waals surface area contributed by atoms with Crippen LogP contribution < -0.4 is 0 Å². The number of rotatable bonds is 11. The summed E-state index contributed by atoms with van der Waals surface area (Å²) in [6, 6.07) is 173. The topological polar surface area (TPSA) is 165 Å². The quantitative estimate of drug-likeness (QED) is 0.123. The number of aromatic nitrogens is 11. The first-order valence-electron chi connectivity index (χ1n) is 49.4. The van der Waals surface area contributed by atoms with Crippen LogP contribution in [0.25, 0.3) is 265 Å². The van der Waals surface area contributed by atoms with Crippen molar-refractivity contribution in [1.29, 1.82) is 15.8 Å². The van der Waals surface area contributed by atoms with E-state index in [1.165, 1.54) is 70.8 Å². The molecule has 0 bridgehead atoms. The highest BCUT2D eigenvalue weighted by Gasteiger charge is 2.27. The first-order chi connectivity index (χ1) is 73.3. The molecule has 0 aliphatic heterocycles. The van der Waals surface area contributed by atoms with Crippen molar-refractivity contribution >= 4 is 174 Å². The van der Waals surface area contributed by atoms with E-state index in [1.54, 1.807) is 12.4 Å². The Labute approximate surface area is 847 Å². The predicted molar refractivity (Wildman–Crippen MR) is 606 cm³/mol. The van der Waals surface area contributed by atoms with Gasteiger partial charge in [-0.15, -0.1) is 0 Å². The summed E-state index contributed by atoms with van der Waals surface area (Å²) >= 11 is 0. The summed E-state index contributed by atoms with van der Waals surface area (Å²) in [6.07, 6.45) is 3.58. The normalized spacial score (nSPS) is 11.6. The smallest absolute Gasteiger partial charge is 0.236 e. The third-order valence-corrected chi connectivity index (χ3v) is 29.4. The van der Waals surface area contributed by atoms with Gasteiger partial charge in [-0.1, -0.05) is 297 Å². The van der Waals surface area contributed by atoms with Gasteiger partial charge in [0.15, 0.2) is 5.69 Å². The zero-order valence-electron chi connectivity index (χ0n) is 79.4. The number of fused-ring (bicyclic) bond motifs is 23. The Balaban J connectivity index is 0.000000107. The molecule has 20 aromatic carbocycles. The monoisotopic (exact) mass is 1880 g/mol. The van der Waals surface area contributed by atoms with E-state index in [1.807, 2.05) is 91.0 Å². The zero-order valence-corrected chi connectivity index (χ0v) is 79.4. The van der Waals surface area contributed by atoms with E-state index in [0.717, 1.165) is 182 Å². The first kappa shape index (κ1) is 85.2. The lowest BCUT2D eigenvalue weighted by Crippen LogP contribution is -2.03. The third kappa shape index (κ3) is 14.0. The van der Waals surface area contributed by atoms with Crippen LogP contribution in [0.5, 0.6) is 0 Å². The van der Waals surface area contributed by atoms with Crippen molar-refractivity contribution < 1.29 is 0 Å². The molecule has 10 aromatic heterocycles. The Morgan fingerprint density at radius 1 is 0.176 bits per heavy atom. The van der Waals surface area contributed by atoms with Gasteiger partial charge in [-0.05, 0) is 242 Å². The molecule has 686 valence electrons. The van der Waals surface area contributed by atoms with Crippen molar-refractivity contribution in [2.75, 3.05) is 0 Å². The van der Waals surface area contributed by atoms with Crippen LogP contribution in [0.15, 0.2) is 486 Å². The van der Waals surface area contributed by atoms with E-state index >= 15 is 0 Å². The predicted octanol–water partition coefficient (Wildman–Crippen LogP) is 33.2. The summed E-state index contributed by atoms with van der Waals surface area (Å²) < 4.78 is 13.6. The van der Waals surface area contributed by atoms with Gasteiger partial charge in [0.05, 0.1) is 106 Å². The van der Waals surface area contributed by atoms with Crippen LogP contribution in [0, 0.1) is 34.0 Å². The molecule has 10 heterocycles. The molecule has 0 atom stereocenters. The standard InChI is InChI=1S/C46H28N4.C45H27N5.C43H25N5/c47-29-34-28-46(48-41-26-32(19-22-36(34)41)30-11-3-1-4-12-30)50-43-18-10-8-16-38(43)40-25-31(21-24-44(40)50)33-20-23-39-37-15-7-9-17-42(37)49(45(39)27-33)35-13-5-2-6-14-35;46-28-33-27-45(48-40-25-31(14-17-35(33)40)29-20-22-47-23-21-29)50-42-13-7-5-11-37(42)39-24-30(16-19-43(39)50)32-15-18-38-36-10-4-6-12-41(36)49(44(38)26-32)34-8-2-1-3-9-34;44-26-37-32-17-6-9-19-36(32)45-43(46-37)48-39-21-11-8-18-33(39)42-31-16-5-4-14-29(31)34(25-41(42)48)27-22-23-40-35(24-27)30-15-7-10-20-38(30)47(40)28-12-2-1-3-13-28/h1-28H;1-27H;1-25H. The molecule has 0 unspecified atom stereocenters. The van der Waals surface area contributed by atoms with E-state index < -0.39 is 0 Å². The molecule has 0 aliphatic carbocycles. The summed E-state index contributed by atoms with van der Waals surface area (Å²) in [5.41, 5.74) is 31.7. The van der Waals surface area contributed by atoms with Crippen LogP contribution in [0.3, 0.4) is 0 Å². The minimum atomic E-state index is 0.364. The van der Waals surface area contributed by atoms with Crippen molar-refractivity contribution in [1.82, 2.24) is 52.3 Å². The summed E-state index contributed by atoms with van der Waals surface area (Å²) in [4.78, 5) is 24.4. The second-order valence-electron chi connectivity index (χ2n) is 37.5. The van der Waals surface area contributed by atoms with E-state index in [9.17, 15) is 15.8 Å². The lowest BCUT2D eigenvalue weighted by Gasteiger charge is -2.13. The van der Waals surface area contributed by atoms with Crippen LogP contribution in [-0.2, 0) is 0 Å². The van der Waals surface area contributed by atoms with E-state index in [2.05, 4.69) is 433 Å². The number of hydrogen-bond acceptors (Lipinski definition) is 8. The minimum Gasteiger partial charge on any atom is -0.309 e. The fourth-order valence-corrected chi connectivity index (χ4v) is 22.7. The number of para-hydroxylation sites is 10. The Morgan fingerprint density at radius 3 is 0.959 bits per heavy atom. The molecule has 0 aliphatic rings. The number of benzene rings is 20. The van der Waals surface area contributed by atoms with Crippen LogP contribution in [0.2, 0.25) is 0 Å². The average molecular weight is 1890 g/mol. The highest BCUT2D eigenvalue weighted by Crippen LogP contribution is 2.47. The highest BCUT2D eigenvalue weighted by molar-refractivity contribution is 6.25. The van der Waals surface area contributed by atoms with Gasteiger partial charge in [0, 0.05) is 110 Å². The van der Waals surface area contributed by atoms with Crippen molar-refractivity contribution in [3.63, 3.8) is 0 Å². The highest BCUT2D eigenvalue weighted by atomic mass is 15.2. The van der Waals surface area contributed by atoms with Crippen LogP contribution in [0.4, 0.5) is 0 Å². The molecule has 30 rings (SSSR count). The molecule has 14 heteroatoms. The molecule has 0 radical (unpaired) electrons. The average Bonchev–Trinajstić information content (AvgIpc) is 1.55. The summed E-state index contributed by atoms with van der Waals surface area (Å²) in [5, 5.41) is 49.5. The molecular weight excluding hydrogens is 1810 g/mol. The molecule has 0 N–H and O–H groups in total. The number of pyridine rings is 3. The van der Waals surface area contributed by atoms with Gasteiger partial charge >= 0.3 is 0 Å². The minimum absolute atomic E-state index is 0.364. The third-order valence-electron chi connectivity index (χ3n) is 29.4. The van der Waals surface area contributed by atoms with E-state index in [0.29, 0.717) is 28.6 Å². The second-order valence-corrected chi connectivity index (χ2v) is 37.5. The Kier molecular flexibility index (Phi) is 20.1. The fourth-order valence-electron chi connectivity index (χ4n) is 22.7. The molecule has 30 aromatic rings. The summed E-state index contributed by atoms with van der Waals surface area (Å²) in [6.45, 7) is 0. The van der Waals surface area contributed by atoms with Crippen LogP contribution in [-0.4, -0.2) is 52.3 Å². The SMILES string of the molecule is N#Cc1cc(-n2c3ccccc3c3cc(-c4ccc5c6ccccc6n(-c6ccccc6)c5c4)ccc32)nc2cc(-c3ccccc3)ccc12.N#Cc1cc(-n2c3ccccc3c3cc(-c4ccc5c6ccccc6n(-c6ccccc6)c5c4)ccc32)nc2cc(-c3ccncc3)ccc12.N#Cc1nc(-n2c3ccccc3c3c4ccccc4c(-c4ccc5c(c4)c4ccccc4n5-c4ccccc4)cc32)nc2ccccc12. The maximum Gasteiger partial charge on any atom is 0.236 e. The van der Waals surface area contributed by atoms with Gasteiger partial charge in [0.2, 0.25) is 5.95 Å². The molecular formula is C134H80N14. The second kappa shape index (κ2) is 34.9. The van der Waals surface area contributed by atoms with Gasteiger partial charge in [-0.3, -0.25) is 18.7 Å². The number of nitriles is 3. The van der Waals surface area contributed by atoms with Crippen LogP contribution >= 0.6 is 0 Å². The Bertz CT molecular complexity index is 10500. The molecule has 0 spiro atoms. The summed E-state index contributed by atoms with van der Waals surface area (Å²) in [5.74, 6) is 1.93. The molecule has 148 heavy (non-hydrogen) atoms. The fraction of sp³-hybridized carbons (Fsp3) is 0. The number of hydrogen-bond donors (Lipinski definition) is 0. The largest absolute Gasteiger partial charge is 0.309 e. The van der Waals surface area contributed by atoms with Crippen LogP contribution in [0.1, 0.15) is 16.8 Å². The molecule has 14 nitrogen and oxygen atoms in total.